The van der Waals surface area contributed by atoms with E-state index in [-0.39, 0.29) is 10.8 Å². The second-order valence-corrected chi connectivity index (χ2v) is 33.0. The van der Waals surface area contributed by atoms with Crippen LogP contribution in [-0.4, -0.2) is 0 Å². The highest BCUT2D eigenvalue weighted by molar-refractivity contribution is 6.29. The van der Waals surface area contributed by atoms with Crippen LogP contribution in [0.4, 0.5) is 34.1 Å². The molecule has 0 fully saturated rings. The zero-order valence-electron chi connectivity index (χ0n) is 65.0. The third kappa shape index (κ3) is 10.5. The number of hydrogen-bond acceptors (Lipinski definition) is 2. The van der Waals surface area contributed by atoms with Crippen LogP contribution in [0.5, 0.6) is 0 Å². The van der Waals surface area contributed by atoms with Crippen molar-refractivity contribution in [1.82, 2.24) is 0 Å². The van der Waals surface area contributed by atoms with Crippen LogP contribution in [0.3, 0.4) is 0 Å². The van der Waals surface area contributed by atoms with Gasteiger partial charge in [-0.15, -0.1) is 0 Å². The molecule has 0 heterocycles. The quantitative estimate of drug-likeness (QED) is 0.0941. The molecule has 0 spiro atoms. The molecule has 0 aromatic heterocycles. The molecule has 2 heteroatoms. The molecule has 21 aromatic carbocycles. The highest BCUT2D eigenvalue weighted by Gasteiger charge is 2.39. The van der Waals surface area contributed by atoms with Crippen molar-refractivity contribution in [1.29, 1.82) is 0 Å². The maximum absolute atomic E-state index is 2.56. The third-order valence-corrected chi connectivity index (χ3v) is 25.9. The van der Waals surface area contributed by atoms with E-state index in [2.05, 4.69) is 438 Å². The zero-order valence-corrected chi connectivity index (χ0v) is 65.0. The molecule has 21 aromatic rings. The molecule has 23 rings (SSSR count). The van der Waals surface area contributed by atoms with Crippen LogP contribution < -0.4 is 9.80 Å². The van der Waals surface area contributed by atoms with Crippen molar-refractivity contribution < 1.29 is 0 Å². The Balaban J connectivity index is 0.696. The summed E-state index contributed by atoms with van der Waals surface area (Å²) in [6.45, 7) is 9.71. The Labute approximate surface area is 675 Å². The minimum atomic E-state index is -0.345. The van der Waals surface area contributed by atoms with Crippen LogP contribution in [0.15, 0.2) is 400 Å². The molecule has 0 N–H and O–H groups in total. The molecule has 0 amide bonds. The van der Waals surface area contributed by atoms with Gasteiger partial charge in [0.05, 0.1) is 11.4 Å². The SMILES string of the molecule is CC1(C)c2cc(-c3cc4ccccc4c4ccccc34)ccc2-c2ccc(N(c3ccc4c5ccccc5c5c(-c6ccc(-c7ccccc7)c(N(c7ccc8c(c7)C(C)(C)c7cc(-c9cc%10ccccc%10c%10ccccc9%10)ccc7-8)c7ccc8cc9ccccc9cc8c7)c6)cccc5c4c3)c3ccccc3-c3ccccc3)cc21. The number of nitrogens with zero attached hydrogens (tertiary/aromatic N) is 2. The minimum absolute atomic E-state index is 0.324. The van der Waals surface area contributed by atoms with Crippen LogP contribution in [0, 0.1) is 0 Å². The summed E-state index contributed by atoms with van der Waals surface area (Å²) < 4.78 is 0. The predicted octanol–water partition coefficient (Wildman–Crippen LogP) is 32.0. The molecule has 0 unspecified atom stereocenters. The van der Waals surface area contributed by atoms with Gasteiger partial charge < -0.3 is 9.80 Å². The molecule has 0 atom stereocenters. The Morgan fingerprint density at radius 2 is 0.517 bits per heavy atom. The second-order valence-electron chi connectivity index (χ2n) is 33.0. The predicted molar refractivity (Wildman–Crippen MR) is 496 cm³/mol. The Bertz CT molecular complexity index is 7710. The van der Waals surface area contributed by atoms with E-state index in [9.17, 15) is 0 Å². The molecule has 0 aliphatic heterocycles. The number of benzene rings is 21. The van der Waals surface area contributed by atoms with Gasteiger partial charge in [0, 0.05) is 44.7 Å². The maximum Gasteiger partial charge on any atom is 0.0546 e. The third-order valence-electron chi connectivity index (χ3n) is 25.9. The molecule has 2 aliphatic carbocycles. The highest BCUT2D eigenvalue weighted by atomic mass is 15.2. The van der Waals surface area contributed by atoms with Gasteiger partial charge >= 0.3 is 0 Å². The van der Waals surface area contributed by atoms with E-state index in [0.717, 1.165) is 61.9 Å². The normalized spacial score (nSPS) is 13.1. The summed E-state index contributed by atoms with van der Waals surface area (Å²) in [5.74, 6) is 0. The minimum Gasteiger partial charge on any atom is -0.310 e. The Kier molecular flexibility index (Phi) is 15.1. The van der Waals surface area contributed by atoms with Crippen molar-refractivity contribution in [2.45, 2.75) is 38.5 Å². The van der Waals surface area contributed by atoms with Crippen molar-refractivity contribution in [3.05, 3.63) is 423 Å². The van der Waals surface area contributed by atoms with Gasteiger partial charge in [0.15, 0.2) is 0 Å². The van der Waals surface area contributed by atoms with Crippen molar-refractivity contribution in [2.75, 3.05) is 9.80 Å². The fraction of sp³-hybridized carbons (Fsp3) is 0.0526. The Hall–Kier alpha value is -14.4. The molecule has 544 valence electrons. The molecular formula is C114H78N2. The van der Waals surface area contributed by atoms with E-state index in [4.69, 9.17) is 0 Å². The lowest BCUT2D eigenvalue weighted by atomic mass is 9.81. The van der Waals surface area contributed by atoms with E-state index in [1.807, 2.05) is 0 Å². The number of para-hydroxylation sites is 1. The van der Waals surface area contributed by atoms with Gasteiger partial charge in [-0.2, -0.15) is 0 Å². The standard InChI is InChI=1S/C114H78N2/c1-113(2)106-65-78(103-63-76-32-13-15-34-86(76)91-37-17-19-40-94(91)103)48-55-97(106)99-58-52-84(69-108(99)113)115(110-45-24-23-36-88(110)71-26-7-5-8-27-71)83-51-57-96-93-39-21-22-42-101(93)112-90(43-25-44-102(112)105(96)68-83)80-47-54-89(72-28-9-6-10-29-72)111(67-80)116(82-50-46-75-60-73-30-11-12-31-74(73)61-81(75)62-82)85-53-59-100-98-56-49-79(66-107(98)114(3,4)109(100)70-85)104-64-77-33-14-16-35-87(77)92-38-18-20-41-95(92)104/h5-70H,1-4H3. The molecule has 0 bridgehead atoms. The second kappa shape index (κ2) is 26.1. The van der Waals surface area contributed by atoms with Crippen LogP contribution in [0.2, 0.25) is 0 Å². The lowest BCUT2D eigenvalue weighted by molar-refractivity contribution is 0.660. The number of hydrogen-bond donors (Lipinski definition) is 0. The van der Waals surface area contributed by atoms with Gasteiger partial charge in [-0.3, -0.25) is 0 Å². The van der Waals surface area contributed by atoms with Crippen molar-refractivity contribution >= 4 is 131 Å². The summed E-state index contributed by atoms with van der Waals surface area (Å²) in [6, 6.07) is 151. The van der Waals surface area contributed by atoms with Gasteiger partial charge in [-0.1, -0.05) is 331 Å². The fourth-order valence-corrected chi connectivity index (χ4v) is 20.2. The van der Waals surface area contributed by atoms with Crippen LogP contribution in [-0.2, 0) is 10.8 Å². The van der Waals surface area contributed by atoms with Gasteiger partial charge in [0.25, 0.3) is 0 Å². The summed E-state index contributed by atoms with van der Waals surface area (Å²) in [6.07, 6.45) is 0. The van der Waals surface area contributed by atoms with E-state index in [0.29, 0.717) is 0 Å². The zero-order chi connectivity index (χ0) is 77.1. The molecule has 2 aliphatic rings. The van der Waals surface area contributed by atoms with E-state index < -0.39 is 0 Å². The van der Waals surface area contributed by atoms with E-state index in [1.165, 1.54) is 169 Å². The van der Waals surface area contributed by atoms with E-state index in [1.54, 1.807) is 0 Å². The monoisotopic (exact) mass is 1470 g/mol. The summed E-state index contributed by atoms with van der Waals surface area (Å²) in [7, 11) is 0. The molecule has 0 saturated heterocycles. The summed E-state index contributed by atoms with van der Waals surface area (Å²) in [4.78, 5) is 5.09. The van der Waals surface area contributed by atoms with Crippen molar-refractivity contribution in [3.63, 3.8) is 0 Å². The summed E-state index contributed by atoms with van der Waals surface area (Å²) in [5.41, 5.74) is 28.2. The smallest absolute Gasteiger partial charge is 0.0546 e. The number of rotatable bonds is 11. The van der Waals surface area contributed by atoms with Crippen molar-refractivity contribution in [3.8, 4) is 77.9 Å². The van der Waals surface area contributed by atoms with Gasteiger partial charge in [0.1, 0.15) is 0 Å². The topological polar surface area (TPSA) is 6.48 Å². The first-order valence-corrected chi connectivity index (χ1v) is 40.7. The molecule has 0 radical (unpaired) electrons. The maximum atomic E-state index is 2.56. The first-order valence-electron chi connectivity index (χ1n) is 40.7. The van der Waals surface area contributed by atoms with E-state index >= 15 is 0 Å². The molecule has 0 saturated carbocycles. The van der Waals surface area contributed by atoms with Crippen LogP contribution >= 0.6 is 0 Å². The molecule has 116 heavy (non-hydrogen) atoms. The first kappa shape index (κ1) is 67.3. The fourth-order valence-electron chi connectivity index (χ4n) is 20.2. The van der Waals surface area contributed by atoms with Gasteiger partial charge in [0.2, 0.25) is 0 Å². The average molecular weight is 1480 g/mol. The average Bonchev–Trinajstić information content (AvgIpc) is 1.48. The Morgan fingerprint density at radius 1 is 0.164 bits per heavy atom. The lowest BCUT2D eigenvalue weighted by Gasteiger charge is -2.31. The van der Waals surface area contributed by atoms with Crippen molar-refractivity contribution in [2.24, 2.45) is 0 Å². The first-order chi connectivity index (χ1) is 57.0. The highest BCUT2D eigenvalue weighted by Crippen LogP contribution is 2.57. The summed E-state index contributed by atoms with van der Waals surface area (Å²) in [5, 5.41) is 22.2. The van der Waals surface area contributed by atoms with Gasteiger partial charge in [-0.25, -0.2) is 0 Å². The van der Waals surface area contributed by atoms with Gasteiger partial charge in [-0.05, 0) is 283 Å². The summed E-state index contributed by atoms with van der Waals surface area (Å²) >= 11 is 0. The molecule has 2 nitrogen and oxygen atoms in total. The lowest BCUT2D eigenvalue weighted by Crippen LogP contribution is -2.17. The van der Waals surface area contributed by atoms with Crippen LogP contribution in [0.1, 0.15) is 49.9 Å². The largest absolute Gasteiger partial charge is 0.310 e. The Morgan fingerprint density at radius 3 is 1.09 bits per heavy atom. The molecular weight excluding hydrogens is 1400 g/mol. The number of anilines is 6. The van der Waals surface area contributed by atoms with Crippen LogP contribution in [0.25, 0.3) is 175 Å². The number of fused-ring (bicyclic) bond motifs is 20.